The molecule has 0 saturated heterocycles. The van der Waals surface area contributed by atoms with E-state index in [2.05, 4.69) is 11.4 Å². The first kappa shape index (κ1) is 11.1. The van der Waals surface area contributed by atoms with Gasteiger partial charge in [-0.1, -0.05) is 6.92 Å². The van der Waals surface area contributed by atoms with Crippen molar-refractivity contribution >= 4 is 17.5 Å². The highest BCUT2D eigenvalue weighted by atomic mass is 32.2. The molecule has 4 heteroatoms. The number of carbonyl (C=O) groups is 1. The Kier molecular flexibility index (Phi) is 4.02. The molecule has 0 fully saturated rings. The van der Waals surface area contributed by atoms with Gasteiger partial charge in [-0.3, -0.25) is 4.79 Å². The number of nitrogens with one attached hydrogen (secondary N) is 1. The number of rotatable bonds is 2. The van der Waals surface area contributed by atoms with Crippen LogP contribution in [0.1, 0.15) is 20.3 Å². The fourth-order valence-electron chi connectivity index (χ4n) is 1.31. The van der Waals surface area contributed by atoms with Crippen LogP contribution in [-0.4, -0.2) is 23.3 Å². The highest BCUT2D eigenvalue weighted by Crippen LogP contribution is 2.17. The van der Waals surface area contributed by atoms with Crippen molar-refractivity contribution in [2.24, 2.45) is 0 Å². The van der Waals surface area contributed by atoms with E-state index in [9.17, 15) is 4.79 Å². The summed E-state index contributed by atoms with van der Waals surface area (Å²) in [5.74, 6) is 1.69. The average molecular weight is 210 g/mol. The van der Waals surface area contributed by atoms with Gasteiger partial charge in [-0.15, -0.1) is 0 Å². The van der Waals surface area contributed by atoms with Crippen molar-refractivity contribution in [3.05, 3.63) is 11.3 Å². The van der Waals surface area contributed by atoms with Crippen molar-refractivity contribution < 1.29 is 4.79 Å². The number of nitrogens with zero attached hydrogens (tertiary/aromatic N) is 1. The minimum atomic E-state index is -0.115. The molecule has 1 heterocycles. The summed E-state index contributed by atoms with van der Waals surface area (Å²) < 4.78 is 0. The molecule has 0 aromatic carbocycles. The molecule has 14 heavy (non-hydrogen) atoms. The zero-order valence-corrected chi connectivity index (χ0v) is 9.28. The monoisotopic (exact) mass is 210 g/mol. The molecule has 1 aliphatic rings. The van der Waals surface area contributed by atoms with E-state index in [1.807, 2.05) is 13.8 Å². The van der Waals surface area contributed by atoms with Crippen LogP contribution in [0.4, 0.5) is 0 Å². The first-order valence-corrected chi connectivity index (χ1v) is 5.81. The maximum Gasteiger partial charge on any atom is 0.155 e. The van der Waals surface area contributed by atoms with E-state index in [0.717, 1.165) is 17.0 Å². The van der Waals surface area contributed by atoms with Crippen LogP contribution in [0.15, 0.2) is 11.3 Å². The highest BCUT2D eigenvalue weighted by molar-refractivity contribution is 7.99. The summed E-state index contributed by atoms with van der Waals surface area (Å²) in [4.78, 5) is 11.5. The Labute approximate surface area is 88.6 Å². The minimum Gasteiger partial charge on any atom is -0.377 e. The lowest BCUT2D eigenvalue weighted by molar-refractivity contribution is -0.120. The number of Topliss-reactive ketones (excluding diaryl/α,β-unsaturated/α-hetero) is 1. The minimum absolute atomic E-state index is 0.115. The van der Waals surface area contributed by atoms with Gasteiger partial charge in [0.05, 0.1) is 17.7 Å². The zero-order valence-electron chi connectivity index (χ0n) is 8.46. The maximum atomic E-state index is 11.5. The van der Waals surface area contributed by atoms with Gasteiger partial charge in [0.1, 0.15) is 0 Å². The highest BCUT2D eigenvalue weighted by Gasteiger charge is 2.20. The summed E-state index contributed by atoms with van der Waals surface area (Å²) in [6.45, 7) is 3.73. The summed E-state index contributed by atoms with van der Waals surface area (Å²) in [5.41, 5.74) is 1.60. The standard InChI is InChI=1S/C10H14N2OS/c1-3-10(13)9-6-14-5-8(4-11)7(2)12-9/h9,12H,3,5-6H2,1-2H3. The van der Waals surface area contributed by atoms with Crippen molar-refractivity contribution in [2.75, 3.05) is 11.5 Å². The second-order valence-corrected chi connectivity index (χ2v) is 4.28. The summed E-state index contributed by atoms with van der Waals surface area (Å²) in [5, 5.41) is 11.9. The van der Waals surface area contributed by atoms with Crippen LogP contribution in [0, 0.1) is 11.3 Å². The largest absolute Gasteiger partial charge is 0.377 e. The Morgan fingerprint density at radius 1 is 1.79 bits per heavy atom. The summed E-state index contributed by atoms with van der Waals surface area (Å²) in [7, 11) is 0. The molecule has 0 radical (unpaired) electrons. The van der Waals surface area contributed by atoms with Gasteiger partial charge in [-0.2, -0.15) is 17.0 Å². The molecular weight excluding hydrogens is 196 g/mol. The molecule has 1 aliphatic heterocycles. The molecule has 1 N–H and O–H groups in total. The topological polar surface area (TPSA) is 52.9 Å². The van der Waals surface area contributed by atoms with Gasteiger partial charge in [0.25, 0.3) is 0 Å². The molecule has 1 unspecified atom stereocenters. The van der Waals surface area contributed by atoms with E-state index in [0.29, 0.717) is 12.2 Å². The number of allylic oxidation sites excluding steroid dienone is 1. The third-order valence-electron chi connectivity index (χ3n) is 2.25. The number of hydrogen-bond donors (Lipinski definition) is 1. The molecule has 0 aliphatic carbocycles. The fraction of sp³-hybridized carbons (Fsp3) is 0.600. The van der Waals surface area contributed by atoms with Crippen LogP contribution in [0.2, 0.25) is 0 Å². The van der Waals surface area contributed by atoms with E-state index < -0.39 is 0 Å². The van der Waals surface area contributed by atoms with Gasteiger partial charge >= 0.3 is 0 Å². The van der Waals surface area contributed by atoms with E-state index in [4.69, 9.17) is 5.26 Å². The summed E-state index contributed by atoms with van der Waals surface area (Å²) >= 11 is 1.64. The summed E-state index contributed by atoms with van der Waals surface area (Å²) in [6.07, 6.45) is 0.549. The number of nitriles is 1. The molecule has 0 aromatic rings. The number of carbonyl (C=O) groups excluding carboxylic acids is 1. The zero-order chi connectivity index (χ0) is 10.6. The van der Waals surface area contributed by atoms with Crippen LogP contribution < -0.4 is 5.32 Å². The predicted molar refractivity (Wildman–Crippen MR) is 57.9 cm³/mol. The number of hydrogen-bond acceptors (Lipinski definition) is 4. The first-order valence-electron chi connectivity index (χ1n) is 4.65. The van der Waals surface area contributed by atoms with Gasteiger partial charge < -0.3 is 5.32 Å². The van der Waals surface area contributed by atoms with Gasteiger partial charge in [0.2, 0.25) is 0 Å². The molecule has 0 bridgehead atoms. The molecule has 0 amide bonds. The molecular formula is C10H14N2OS. The Morgan fingerprint density at radius 2 is 2.50 bits per heavy atom. The van der Waals surface area contributed by atoms with E-state index in [1.54, 1.807) is 11.8 Å². The molecule has 0 saturated carbocycles. The van der Waals surface area contributed by atoms with Crippen molar-refractivity contribution in [2.45, 2.75) is 26.3 Å². The molecule has 76 valence electrons. The Bertz CT molecular complexity index is 304. The van der Waals surface area contributed by atoms with Gasteiger partial charge in [-0.25, -0.2) is 0 Å². The second kappa shape index (κ2) is 5.06. The Morgan fingerprint density at radius 3 is 3.07 bits per heavy atom. The fourth-order valence-corrected chi connectivity index (χ4v) is 2.42. The lowest BCUT2D eigenvalue weighted by Crippen LogP contribution is -2.36. The van der Waals surface area contributed by atoms with Crippen molar-refractivity contribution in [3.63, 3.8) is 0 Å². The van der Waals surface area contributed by atoms with Crippen LogP contribution in [0.5, 0.6) is 0 Å². The molecule has 1 rings (SSSR count). The number of ketones is 1. The Balaban J connectivity index is 2.75. The second-order valence-electron chi connectivity index (χ2n) is 3.25. The van der Waals surface area contributed by atoms with Gasteiger partial charge in [-0.05, 0) is 6.92 Å². The smallest absolute Gasteiger partial charge is 0.155 e. The van der Waals surface area contributed by atoms with Crippen LogP contribution in [-0.2, 0) is 4.79 Å². The lowest BCUT2D eigenvalue weighted by Gasteiger charge is -2.15. The van der Waals surface area contributed by atoms with Crippen molar-refractivity contribution in [1.82, 2.24) is 5.32 Å². The third kappa shape index (κ3) is 2.52. The van der Waals surface area contributed by atoms with Crippen LogP contribution in [0.3, 0.4) is 0 Å². The average Bonchev–Trinajstić information content (AvgIpc) is 2.38. The molecule has 3 nitrogen and oxygen atoms in total. The van der Waals surface area contributed by atoms with Crippen LogP contribution in [0.25, 0.3) is 0 Å². The number of thioether (sulfide) groups is 1. The quantitative estimate of drug-likeness (QED) is 0.750. The van der Waals surface area contributed by atoms with Crippen molar-refractivity contribution in [1.29, 1.82) is 5.26 Å². The third-order valence-corrected chi connectivity index (χ3v) is 3.31. The molecule has 0 aromatic heterocycles. The van der Waals surface area contributed by atoms with Crippen molar-refractivity contribution in [3.8, 4) is 6.07 Å². The maximum absolute atomic E-state index is 11.5. The van der Waals surface area contributed by atoms with E-state index in [-0.39, 0.29) is 11.8 Å². The van der Waals surface area contributed by atoms with Gasteiger partial charge in [0.15, 0.2) is 5.78 Å². The summed E-state index contributed by atoms with van der Waals surface area (Å²) in [6, 6.07) is 2.04. The Hall–Kier alpha value is -0.950. The van der Waals surface area contributed by atoms with E-state index in [1.165, 1.54) is 0 Å². The molecule has 1 atom stereocenters. The predicted octanol–water partition coefficient (Wildman–Crippen LogP) is 1.47. The van der Waals surface area contributed by atoms with Gasteiger partial charge in [0, 0.05) is 23.6 Å². The normalized spacial score (nSPS) is 22.2. The lowest BCUT2D eigenvalue weighted by atomic mass is 10.1. The SMILES string of the molecule is CCC(=O)C1CSCC(C#N)=C(C)N1. The molecule has 0 spiro atoms. The van der Waals surface area contributed by atoms with Crippen LogP contribution >= 0.6 is 11.8 Å². The van der Waals surface area contributed by atoms with E-state index >= 15 is 0 Å². The first-order chi connectivity index (χ1) is 6.69.